The second kappa shape index (κ2) is 14.0. The van der Waals surface area contributed by atoms with Gasteiger partial charge in [-0.3, -0.25) is 0 Å². The summed E-state index contributed by atoms with van der Waals surface area (Å²) in [6, 6.07) is 8.03. The molecular formula is C25H38N2O2. The van der Waals surface area contributed by atoms with E-state index in [0.29, 0.717) is 18.4 Å². The molecule has 0 spiro atoms. The van der Waals surface area contributed by atoms with Crippen molar-refractivity contribution < 1.29 is 9.47 Å². The molecule has 1 aromatic carbocycles. The van der Waals surface area contributed by atoms with Crippen molar-refractivity contribution in [3.05, 3.63) is 36.7 Å². The van der Waals surface area contributed by atoms with Crippen molar-refractivity contribution in [3.8, 4) is 22.9 Å². The minimum Gasteiger partial charge on any atom is -0.493 e. The summed E-state index contributed by atoms with van der Waals surface area (Å²) in [6.45, 7) is 8.10. The Morgan fingerprint density at radius 1 is 0.793 bits per heavy atom. The van der Waals surface area contributed by atoms with E-state index in [9.17, 15) is 0 Å². The van der Waals surface area contributed by atoms with Gasteiger partial charge in [0, 0.05) is 5.56 Å². The first-order chi connectivity index (χ1) is 14.2. The second-order valence-corrected chi connectivity index (χ2v) is 7.91. The predicted molar refractivity (Wildman–Crippen MR) is 121 cm³/mol. The summed E-state index contributed by atoms with van der Waals surface area (Å²) in [7, 11) is 0. The Balaban J connectivity index is 1.67. The van der Waals surface area contributed by atoms with E-state index in [-0.39, 0.29) is 0 Å². The van der Waals surface area contributed by atoms with Crippen LogP contribution in [0.15, 0.2) is 36.7 Å². The third kappa shape index (κ3) is 9.29. The minimum absolute atomic E-state index is 0.568. The average molecular weight is 399 g/mol. The first-order valence-corrected chi connectivity index (χ1v) is 11.4. The molecule has 0 saturated carbocycles. The van der Waals surface area contributed by atoms with Crippen LogP contribution in [0.1, 0.15) is 78.6 Å². The molecule has 0 radical (unpaired) electrons. The Hall–Kier alpha value is -2.10. The van der Waals surface area contributed by atoms with Gasteiger partial charge < -0.3 is 9.47 Å². The van der Waals surface area contributed by atoms with Gasteiger partial charge in [0.1, 0.15) is 5.75 Å². The Labute approximate surface area is 177 Å². The van der Waals surface area contributed by atoms with Crippen molar-refractivity contribution in [1.29, 1.82) is 0 Å². The summed E-state index contributed by atoms with van der Waals surface area (Å²) < 4.78 is 11.5. The molecule has 1 heterocycles. The van der Waals surface area contributed by atoms with Crippen molar-refractivity contribution in [3.63, 3.8) is 0 Å². The van der Waals surface area contributed by atoms with Crippen LogP contribution in [0.3, 0.4) is 0 Å². The molecule has 29 heavy (non-hydrogen) atoms. The maximum atomic E-state index is 5.81. The van der Waals surface area contributed by atoms with E-state index in [1.807, 2.05) is 24.3 Å². The van der Waals surface area contributed by atoms with E-state index >= 15 is 0 Å². The van der Waals surface area contributed by atoms with Gasteiger partial charge in [0.15, 0.2) is 0 Å². The predicted octanol–water partition coefficient (Wildman–Crippen LogP) is 7.09. The number of benzene rings is 1. The van der Waals surface area contributed by atoms with Gasteiger partial charge in [-0.25, -0.2) is 9.97 Å². The molecule has 0 aliphatic heterocycles. The fourth-order valence-corrected chi connectivity index (χ4v) is 3.03. The number of ether oxygens (including phenoxy) is 2. The normalized spacial score (nSPS) is 12.0. The molecule has 1 atom stereocenters. The largest absolute Gasteiger partial charge is 0.493 e. The van der Waals surface area contributed by atoms with Crippen LogP contribution < -0.4 is 9.47 Å². The molecular weight excluding hydrogens is 360 g/mol. The van der Waals surface area contributed by atoms with Gasteiger partial charge in [-0.15, -0.1) is 0 Å². The maximum absolute atomic E-state index is 5.81. The van der Waals surface area contributed by atoms with E-state index in [4.69, 9.17) is 9.47 Å². The van der Waals surface area contributed by atoms with E-state index in [2.05, 4.69) is 30.7 Å². The van der Waals surface area contributed by atoms with Gasteiger partial charge in [0.25, 0.3) is 0 Å². The summed E-state index contributed by atoms with van der Waals surface area (Å²) in [5.74, 6) is 2.07. The highest BCUT2D eigenvalue weighted by atomic mass is 16.5. The second-order valence-electron chi connectivity index (χ2n) is 7.91. The van der Waals surface area contributed by atoms with Crippen LogP contribution in [0.4, 0.5) is 0 Å². The average Bonchev–Trinajstić information content (AvgIpc) is 2.77. The Morgan fingerprint density at radius 3 is 2.10 bits per heavy atom. The number of hydrogen-bond acceptors (Lipinski definition) is 4. The summed E-state index contributed by atoms with van der Waals surface area (Å²) in [6.07, 6.45) is 15.0. The third-order valence-corrected chi connectivity index (χ3v) is 5.26. The molecule has 160 valence electrons. The number of unbranched alkanes of at least 4 members (excludes halogenated alkanes) is 7. The Kier molecular flexibility index (Phi) is 11.2. The minimum atomic E-state index is 0.568. The zero-order valence-electron chi connectivity index (χ0n) is 18.5. The lowest BCUT2D eigenvalue weighted by atomic mass is 10.1. The Morgan fingerprint density at radius 2 is 1.48 bits per heavy atom. The fourth-order valence-electron chi connectivity index (χ4n) is 3.03. The smallest absolute Gasteiger partial charge is 0.232 e. The van der Waals surface area contributed by atoms with Crippen LogP contribution in [0, 0.1) is 5.92 Å². The monoisotopic (exact) mass is 398 g/mol. The highest BCUT2D eigenvalue weighted by molar-refractivity contribution is 5.59. The van der Waals surface area contributed by atoms with Crippen LogP contribution in [0.25, 0.3) is 11.3 Å². The van der Waals surface area contributed by atoms with Crippen molar-refractivity contribution in [2.24, 2.45) is 5.92 Å². The van der Waals surface area contributed by atoms with Crippen LogP contribution in [-0.4, -0.2) is 23.2 Å². The lowest BCUT2D eigenvalue weighted by Gasteiger charge is -2.11. The first kappa shape index (κ1) is 23.2. The molecule has 0 amide bonds. The van der Waals surface area contributed by atoms with Crippen molar-refractivity contribution in [2.45, 2.75) is 78.6 Å². The number of nitrogens with zero attached hydrogens (tertiary/aromatic N) is 2. The topological polar surface area (TPSA) is 44.2 Å². The van der Waals surface area contributed by atoms with Crippen LogP contribution >= 0.6 is 0 Å². The summed E-state index contributed by atoms with van der Waals surface area (Å²) >= 11 is 0. The molecule has 0 N–H and O–H groups in total. The van der Waals surface area contributed by atoms with Crippen molar-refractivity contribution in [1.82, 2.24) is 9.97 Å². The molecule has 4 heteroatoms. The van der Waals surface area contributed by atoms with Gasteiger partial charge in [-0.1, -0.05) is 72.1 Å². The van der Waals surface area contributed by atoms with Gasteiger partial charge in [0.2, 0.25) is 5.88 Å². The van der Waals surface area contributed by atoms with E-state index < -0.39 is 0 Å². The molecule has 0 fully saturated rings. The first-order valence-electron chi connectivity index (χ1n) is 11.4. The summed E-state index contributed by atoms with van der Waals surface area (Å²) in [5.41, 5.74) is 1.88. The van der Waals surface area contributed by atoms with Crippen LogP contribution in [0.5, 0.6) is 11.6 Å². The zero-order chi connectivity index (χ0) is 20.7. The number of aromatic nitrogens is 2. The quantitative estimate of drug-likeness (QED) is 0.300. The SMILES string of the molecule is CCCCCCCCCCOc1cnc(-c2ccc(OCC(C)CC)cc2)cn1. The van der Waals surface area contributed by atoms with Crippen molar-refractivity contribution >= 4 is 0 Å². The molecule has 2 aromatic rings. The molecule has 0 aliphatic carbocycles. The van der Waals surface area contributed by atoms with E-state index in [0.717, 1.165) is 36.5 Å². The molecule has 0 aliphatic rings. The van der Waals surface area contributed by atoms with Gasteiger partial charge in [-0.05, 0) is 36.6 Å². The number of hydrogen-bond donors (Lipinski definition) is 0. The molecule has 0 saturated heterocycles. The molecule has 0 bridgehead atoms. The van der Waals surface area contributed by atoms with Gasteiger partial charge >= 0.3 is 0 Å². The fraction of sp³-hybridized carbons (Fsp3) is 0.600. The summed E-state index contributed by atoms with van der Waals surface area (Å²) in [5, 5.41) is 0. The van der Waals surface area contributed by atoms with E-state index in [1.165, 1.54) is 44.9 Å². The molecule has 1 unspecified atom stereocenters. The van der Waals surface area contributed by atoms with Crippen LogP contribution in [0.2, 0.25) is 0 Å². The maximum Gasteiger partial charge on any atom is 0.232 e. The van der Waals surface area contributed by atoms with Gasteiger partial charge in [0.05, 0.1) is 31.3 Å². The van der Waals surface area contributed by atoms with Crippen LogP contribution in [-0.2, 0) is 0 Å². The zero-order valence-corrected chi connectivity index (χ0v) is 18.5. The third-order valence-electron chi connectivity index (χ3n) is 5.26. The van der Waals surface area contributed by atoms with Crippen molar-refractivity contribution in [2.75, 3.05) is 13.2 Å². The molecule has 2 rings (SSSR count). The molecule has 1 aromatic heterocycles. The van der Waals surface area contributed by atoms with E-state index in [1.54, 1.807) is 12.4 Å². The Bertz CT molecular complexity index is 656. The number of rotatable bonds is 15. The summed E-state index contributed by atoms with van der Waals surface area (Å²) in [4.78, 5) is 8.89. The lowest BCUT2D eigenvalue weighted by Crippen LogP contribution is -2.07. The standard InChI is InChI=1S/C25H38N2O2/c1-4-6-7-8-9-10-11-12-17-28-25-19-26-24(18-27-25)22-13-15-23(16-14-22)29-20-21(3)5-2/h13-16,18-19,21H,4-12,17,20H2,1-3H3. The highest BCUT2D eigenvalue weighted by Crippen LogP contribution is 2.21. The lowest BCUT2D eigenvalue weighted by molar-refractivity contribution is 0.256. The molecule has 4 nitrogen and oxygen atoms in total. The van der Waals surface area contributed by atoms with Gasteiger partial charge in [-0.2, -0.15) is 0 Å². The highest BCUT2D eigenvalue weighted by Gasteiger charge is 2.04.